The molecule has 1 heterocycles. The number of fused-ring (bicyclic) bond motifs is 2. The first-order chi connectivity index (χ1) is 12.2. The number of carbonyl (C=O) groups is 2. The molecule has 2 aliphatic carbocycles. The van der Waals surface area contributed by atoms with Gasteiger partial charge in [-0.3, -0.25) is 9.59 Å². The molecular formula is C20H21NO4. The maximum absolute atomic E-state index is 12.4. The van der Waals surface area contributed by atoms with Crippen molar-refractivity contribution >= 4 is 11.8 Å². The lowest BCUT2D eigenvalue weighted by molar-refractivity contribution is -0.155. The maximum atomic E-state index is 12.4. The Balaban J connectivity index is 1.35. The highest BCUT2D eigenvalue weighted by atomic mass is 16.5. The van der Waals surface area contributed by atoms with E-state index in [1.54, 1.807) is 6.07 Å². The van der Waals surface area contributed by atoms with E-state index in [4.69, 9.17) is 9.26 Å². The van der Waals surface area contributed by atoms with Gasteiger partial charge in [-0.05, 0) is 25.7 Å². The molecule has 5 heteroatoms. The molecule has 25 heavy (non-hydrogen) atoms. The third-order valence-electron chi connectivity index (χ3n) is 5.37. The molecule has 130 valence electrons. The number of ketones is 1. The lowest BCUT2D eigenvalue weighted by atomic mass is 9.67. The quantitative estimate of drug-likeness (QED) is 0.793. The minimum absolute atomic E-state index is 0.0556. The molecule has 2 unspecified atom stereocenters. The van der Waals surface area contributed by atoms with Crippen LogP contribution in [0.5, 0.6) is 0 Å². The molecule has 0 N–H and O–H groups in total. The summed E-state index contributed by atoms with van der Waals surface area (Å²) in [6.45, 7) is 0.0818. The van der Waals surface area contributed by atoms with E-state index in [2.05, 4.69) is 5.16 Å². The summed E-state index contributed by atoms with van der Waals surface area (Å²) in [5.74, 6) is 0.615. The van der Waals surface area contributed by atoms with Gasteiger partial charge in [-0.2, -0.15) is 0 Å². The number of nitrogens with zero attached hydrogens (tertiary/aromatic N) is 1. The van der Waals surface area contributed by atoms with Crippen LogP contribution in [0.1, 0.15) is 37.9 Å². The van der Waals surface area contributed by atoms with E-state index in [0.717, 1.165) is 30.5 Å². The lowest BCUT2D eigenvalue weighted by Crippen LogP contribution is -2.39. The van der Waals surface area contributed by atoms with Crippen LogP contribution >= 0.6 is 0 Å². The Morgan fingerprint density at radius 1 is 1.16 bits per heavy atom. The average molecular weight is 339 g/mol. The summed E-state index contributed by atoms with van der Waals surface area (Å²) in [4.78, 5) is 24.5. The van der Waals surface area contributed by atoms with E-state index in [1.165, 1.54) is 0 Å². The number of rotatable bonds is 4. The summed E-state index contributed by atoms with van der Waals surface area (Å²) in [5.41, 5.74) is 1.69. The standard InChI is InChI=1S/C20H21NO4/c22-19-14-7-4-8-15(19)10-16(9-14)20(23)24-12-17-11-18(21-25-17)13-5-2-1-3-6-13/h1-3,5-6,11,14-16H,4,7-10,12H2. The topological polar surface area (TPSA) is 69.4 Å². The van der Waals surface area contributed by atoms with Crippen LogP contribution in [0.2, 0.25) is 0 Å². The van der Waals surface area contributed by atoms with Gasteiger partial charge in [0.25, 0.3) is 0 Å². The van der Waals surface area contributed by atoms with Crippen LogP contribution in [0.15, 0.2) is 40.9 Å². The zero-order valence-corrected chi connectivity index (χ0v) is 14.0. The van der Waals surface area contributed by atoms with Gasteiger partial charge in [0.05, 0.1) is 5.92 Å². The van der Waals surface area contributed by atoms with E-state index in [0.29, 0.717) is 24.4 Å². The molecular weight excluding hydrogens is 318 g/mol. The van der Waals surface area contributed by atoms with Crippen LogP contribution in [0.4, 0.5) is 0 Å². The predicted octanol–water partition coefficient (Wildman–Crippen LogP) is 3.78. The fourth-order valence-corrected chi connectivity index (χ4v) is 4.06. The van der Waals surface area contributed by atoms with Gasteiger partial charge in [-0.1, -0.05) is 41.9 Å². The molecule has 0 amide bonds. The van der Waals surface area contributed by atoms with Crippen molar-refractivity contribution in [2.75, 3.05) is 0 Å². The van der Waals surface area contributed by atoms with Crippen molar-refractivity contribution < 1.29 is 18.8 Å². The van der Waals surface area contributed by atoms with Gasteiger partial charge in [-0.25, -0.2) is 0 Å². The Morgan fingerprint density at radius 2 is 1.88 bits per heavy atom. The first-order valence-corrected chi connectivity index (χ1v) is 8.92. The second kappa shape index (κ2) is 6.82. The first kappa shape index (κ1) is 16.1. The Hall–Kier alpha value is -2.43. The number of esters is 1. The van der Waals surface area contributed by atoms with Crippen molar-refractivity contribution in [1.82, 2.24) is 5.16 Å². The van der Waals surface area contributed by atoms with Crippen molar-refractivity contribution in [2.24, 2.45) is 17.8 Å². The summed E-state index contributed by atoms with van der Waals surface area (Å²) < 4.78 is 10.7. The fraction of sp³-hybridized carbons (Fsp3) is 0.450. The maximum Gasteiger partial charge on any atom is 0.309 e. The molecule has 5 nitrogen and oxygen atoms in total. The van der Waals surface area contributed by atoms with Crippen LogP contribution < -0.4 is 0 Å². The van der Waals surface area contributed by atoms with Crippen molar-refractivity contribution in [3.63, 3.8) is 0 Å². The molecule has 0 aliphatic heterocycles. The lowest BCUT2D eigenvalue weighted by Gasteiger charge is -2.36. The summed E-state index contributed by atoms with van der Waals surface area (Å²) in [6, 6.07) is 11.5. The molecule has 2 saturated carbocycles. The van der Waals surface area contributed by atoms with Crippen molar-refractivity contribution in [1.29, 1.82) is 0 Å². The monoisotopic (exact) mass is 339 g/mol. The molecule has 0 radical (unpaired) electrons. The minimum atomic E-state index is -0.220. The molecule has 0 saturated heterocycles. The zero-order chi connectivity index (χ0) is 17.2. The largest absolute Gasteiger partial charge is 0.457 e. The second-order valence-electron chi connectivity index (χ2n) is 7.05. The third kappa shape index (κ3) is 3.36. The Bertz CT molecular complexity index is 751. The van der Waals surface area contributed by atoms with Crippen LogP contribution in [0.3, 0.4) is 0 Å². The molecule has 1 aromatic carbocycles. The van der Waals surface area contributed by atoms with Gasteiger partial charge < -0.3 is 9.26 Å². The molecule has 1 aromatic heterocycles. The summed E-state index contributed by atoms with van der Waals surface area (Å²) in [5, 5.41) is 4.02. The highest BCUT2D eigenvalue weighted by Gasteiger charge is 2.41. The van der Waals surface area contributed by atoms with E-state index < -0.39 is 0 Å². The molecule has 4 rings (SSSR count). The van der Waals surface area contributed by atoms with E-state index in [9.17, 15) is 9.59 Å². The van der Waals surface area contributed by atoms with E-state index in [-0.39, 0.29) is 30.3 Å². The van der Waals surface area contributed by atoms with Gasteiger partial charge in [0, 0.05) is 23.5 Å². The Kier molecular flexibility index (Phi) is 4.38. The number of Topliss-reactive ketones (excluding diaryl/α,β-unsaturated/α-hetero) is 1. The van der Waals surface area contributed by atoms with Crippen LogP contribution in [-0.4, -0.2) is 16.9 Å². The molecule has 2 atom stereocenters. The van der Waals surface area contributed by atoms with E-state index >= 15 is 0 Å². The summed E-state index contributed by atoms with van der Waals surface area (Å²) in [6.07, 6.45) is 4.21. The van der Waals surface area contributed by atoms with Gasteiger partial charge in [0.2, 0.25) is 0 Å². The van der Waals surface area contributed by atoms with Gasteiger partial charge in [-0.15, -0.1) is 0 Å². The smallest absolute Gasteiger partial charge is 0.309 e. The first-order valence-electron chi connectivity index (χ1n) is 8.92. The number of aromatic nitrogens is 1. The van der Waals surface area contributed by atoms with Gasteiger partial charge >= 0.3 is 5.97 Å². The highest BCUT2D eigenvalue weighted by Crippen LogP contribution is 2.40. The highest BCUT2D eigenvalue weighted by molar-refractivity contribution is 5.87. The van der Waals surface area contributed by atoms with Crippen LogP contribution in [-0.2, 0) is 20.9 Å². The van der Waals surface area contributed by atoms with Gasteiger partial charge in [0.1, 0.15) is 11.5 Å². The predicted molar refractivity (Wildman–Crippen MR) is 90.3 cm³/mol. The van der Waals surface area contributed by atoms with Crippen molar-refractivity contribution in [3.05, 3.63) is 42.2 Å². The van der Waals surface area contributed by atoms with Crippen molar-refractivity contribution in [2.45, 2.75) is 38.7 Å². The SMILES string of the molecule is O=C(OCc1cc(-c2ccccc2)no1)C1CC2CCCC(C1)C2=O. The molecule has 2 fully saturated rings. The summed E-state index contributed by atoms with van der Waals surface area (Å²) in [7, 11) is 0. The number of benzene rings is 1. The number of hydrogen-bond donors (Lipinski definition) is 0. The third-order valence-corrected chi connectivity index (χ3v) is 5.37. The molecule has 0 spiro atoms. The van der Waals surface area contributed by atoms with Crippen LogP contribution in [0, 0.1) is 17.8 Å². The normalized spacial score (nSPS) is 25.6. The second-order valence-corrected chi connectivity index (χ2v) is 7.05. The Morgan fingerprint density at radius 3 is 2.60 bits per heavy atom. The molecule has 2 bridgehead atoms. The number of ether oxygens (including phenoxy) is 1. The van der Waals surface area contributed by atoms with Crippen molar-refractivity contribution in [3.8, 4) is 11.3 Å². The number of hydrogen-bond acceptors (Lipinski definition) is 5. The summed E-state index contributed by atoms with van der Waals surface area (Å²) >= 11 is 0. The van der Waals surface area contributed by atoms with E-state index in [1.807, 2.05) is 30.3 Å². The molecule has 2 aliphatic rings. The van der Waals surface area contributed by atoms with Gasteiger partial charge in [0.15, 0.2) is 12.4 Å². The zero-order valence-electron chi connectivity index (χ0n) is 14.0. The minimum Gasteiger partial charge on any atom is -0.457 e. The fourth-order valence-electron chi connectivity index (χ4n) is 4.06. The average Bonchev–Trinajstić information content (AvgIpc) is 3.09. The number of carbonyl (C=O) groups excluding carboxylic acids is 2. The molecule has 2 aromatic rings. The van der Waals surface area contributed by atoms with Crippen LogP contribution in [0.25, 0.3) is 11.3 Å². The Labute approximate surface area is 146 Å².